The van der Waals surface area contributed by atoms with Crippen molar-refractivity contribution in [2.75, 3.05) is 16.7 Å². The fourth-order valence-corrected chi connectivity index (χ4v) is 2.43. The summed E-state index contributed by atoms with van der Waals surface area (Å²) in [5.74, 6) is -0.609. The molecule has 20 heavy (non-hydrogen) atoms. The highest BCUT2D eigenvalue weighted by atomic mass is 32.2. The molecule has 2 rings (SSSR count). The number of hydrogen-bond donors (Lipinski definition) is 2. The van der Waals surface area contributed by atoms with Gasteiger partial charge in [0.25, 0.3) is 0 Å². The van der Waals surface area contributed by atoms with Crippen molar-refractivity contribution in [1.29, 1.82) is 0 Å². The van der Waals surface area contributed by atoms with Crippen LogP contribution >= 0.6 is 0 Å². The minimum atomic E-state index is -3.49. The third kappa shape index (κ3) is 3.71. The molecule has 0 aliphatic carbocycles. The lowest BCUT2D eigenvalue weighted by molar-refractivity contribution is 0.603. The molecule has 0 saturated carbocycles. The number of benzene rings is 2. The van der Waals surface area contributed by atoms with Crippen LogP contribution in [0.25, 0.3) is 0 Å². The van der Waals surface area contributed by atoms with Crippen LogP contribution in [0.1, 0.15) is 11.1 Å². The van der Waals surface area contributed by atoms with Crippen LogP contribution < -0.4 is 10.5 Å². The third-order valence-corrected chi connectivity index (χ3v) is 3.37. The summed E-state index contributed by atoms with van der Waals surface area (Å²) >= 11 is 0. The lowest BCUT2D eigenvalue weighted by Crippen LogP contribution is -2.11. The molecule has 6 heteroatoms. The Hall–Kier alpha value is -2.08. The molecule has 0 unspecified atom stereocenters. The molecule has 2 aromatic carbocycles. The molecule has 0 heterocycles. The number of anilines is 2. The Morgan fingerprint density at radius 2 is 1.90 bits per heavy atom. The summed E-state index contributed by atoms with van der Waals surface area (Å²) in [6.07, 6.45) is 1.47. The van der Waals surface area contributed by atoms with E-state index in [4.69, 9.17) is 5.73 Å². The first-order valence-electron chi connectivity index (χ1n) is 5.95. The maximum Gasteiger partial charge on any atom is 0.229 e. The number of halogens is 1. The van der Waals surface area contributed by atoms with Crippen LogP contribution in [0.15, 0.2) is 42.5 Å². The second-order valence-corrected chi connectivity index (χ2v) is 6.31. The fourth-order valence-electron chi connectivity index (χ4n) is 1.87. The fraction of sp³-hybridized carbons (Fsp3) is 0.143. The maximum absolute atomic E-state index is 13.8. The molecule has 106 valence electrons. The highest BCUT2D eigenvalue weighted by Crippen LogP contribution is 2.21. The summed E-state index contributed by atoms with van der Waals surface area (Å²) in [7, 11) is -3.49. The molecule has 3 N–H and O–H groups in total. The first kappa shape index (κ1) is 14.3. The lowest BCUT2D eigenvalue weighted by Gasteiger charge is -2.09. The predicted molar refractivity (Wildman–Crippen MR) is 78.5 cm³/mol. The lowest BCUT2D eigenvalue weighted by atomic mass is 10.0. The van der Waals surface area contributed by atoms with Crippen molar-refractivity contribution < 1.29 is 12.8 Å². The van der Waals surface area contributed by atoms with Gasteiger partial charge in [-0.05, 0) is 35.7 Å². The number of nitrogens with one attached hydrogen (secondary N) is 1. The molecule has 0 aromatic heterocycles. The Labute approximate surface area is 117 Å². The van der Waals surface area contributed by atoms with Crippen molar-refractivity contribution in [3.8, 4) is 0 Å². The van der Waals surface area contributed by atoms with Gasteiger partial charge in [-0.15, -0.1) is 0 Å². The van der Waals surface area contributed by atoms with Gasteiger partial charge in [-0.3, -0.25) is 4.72 Å². The zero-order chi connectivity index (χ0) is 14.8. The molecule has 0 aliphatic heterocycles. The van der Waals surface area contributed by atoms with Crippen molar-refractivity contribution in [2.24, 2.45) is 0 Å². The van der Waals surface area contributed by atoms with E-state index in [0.717, 1.165) is 17.4 Å². The van der Waals surface area contributed by atoms with Gasteiger partial charge >= 0.3 is 0 Å². The number of nitrogens with two attached hydrogens (primary N) is 1. The van der Waals surface area contributed by atoms with E-state index in [2.05, 4.69) is 4.72 Å². The average molecular weight is 294 g/mol. The van der Waals surface area contributed by atoms with Crippen LogP contribution in [0.5, 0.6) is 0 Å². The Kier molecular flexibility index (Phi) is 3.94. The molecule has 0 aliphatic rings. The van der Waals surface area contributed by atoms with Gasteiger partial charge in [-0.2, -0.15) is 0 Å². The predicted octanol–water partition coefficient (Wildman–Crippen LogP) is 2.37. The van der Waals surface area contributed by atoms with Gasteiger partial charge in [0.05, 0.1) is 11.9 Å². The Balaban J connectivity index is 2.24. The minimum absolute atomic E-state index is 0.0581. The number of hydrogen-bond acceptors (Lipinski definition) is 3. The summed E-state index contributed by atoms with van der Waals surface area (Å²) in [6.45, 7) is 0. The van der Waals surface area contributed by atoms with Crippen molar-refractivity contribution in [3.63, 3.8) is 0 Å². The molecule has 0 atom stereocenters. The first-order chi connectivity index (χ1) is 9.35. The first-order valence-corrected chi connectivity index (χ1v) is 7.84. The summed E-state index contributed by atoms with van der Waals surface area (Å²) in [4.78, 5) is 0. The van der Waals surface area contributed by atoms with Crippen molar-refractivity contribution in [1.82, 2.24) is 0 Å². The topological polar surface area (TPSA) is 72.2 Å². The molecule has 0 amide bonds. The average Bonchev–Trinajstić information content (AvgIpc) is 2.34. The SMILES string of the molecule is CS(=O)(=O)Nc1ccc(Cc2ccccc2N)cc1F. The van der Waals surface area contributed by atoms with Crippen molar-refractivity contribution >= 4 is 21.4 Å². The van der Waals surface area contributed by atoms with Crippen LogP contribution in [0.2, 0.25) is 0 Å². The Morgan fingerprint density at radius 1 is 1.20 bits per heavy atom. The summed E-state index contributed by atoms with van der Waals surface area (Å²) in [5.41, 5.74) is 8.04. The van der Waals surface area contributed by atoms with E-state index in [1.165, 1.54) is 12.1 Å². The summed E-state index contributed by atoms with van der Waals surface area (Å²) in [6, 6.07) is 11.7. The maximum atomic E-state index is 13.8. The number of sulfonamides is 1. The van der Waals surface area contributed by atoms with Crippen molar-refractivity contribution in [2.45, 2.75) is 6.42 Å². The number of rotatable bonds is 4. The summed E-state index contributed by atoms with van der Waals surface area (Å²) in [5, 5.41) is 0. The van der Waals surface area contributed by atoms with E-state index in [1.54, 1.807) is 12.1 Å². The molecule has 0 spiro atoms. The van der Waals surface area contributed by atoms with E-state index in [-0.39, 0.29) is 5.69 Å². The van der Waals surface area contributed by atoms with Gasteiger partial charge in [0.1, 0.15) is 5.82 Å². The van der Waals surface area contributed by atoms with E-state index in [1.807, 2.05) is 18.2 Å². The van der Waals surface area contributed by atoms with Crippen LogP contribution in [-0.2, 0) is 16.4 Å². The van der Waals surface area contributed by atoms with E-state index >= 15 is 0 Å². The van der Waals surface area contributed by atoms with Crippen LogP contribution in [-0.4, -0.2) is 14.7 Å². The Bertz CT molecular complexity index is 730. The van der Waals surface area contributed by atoms with Gasteiger partial charge in [0.2, 0.25) is 10.0 Å². The quantitative estimate of drug-likeness (QED) is 0.850. The third-order valence-electron chi connectivity index (χ3n) is 2.78. The number of nitrogen functional groups attached to an aromatic ring is 1. The van der Waals surface area contributed by atoms with E-state index in [0.29, 0.717) is 12.1 Å². The number of para-hydroxylation sites is 1. The molecule has 0 bridgehead atoms. The minimum Gasteiger partial charge on any atom is -0.398 e. The largest absolute Gasteiger partial charge is 0.398 e. The van der Waals surface area contributed by atoms with Crippen LogP contribution in [0, 0.1) is 5.82 Å². The van der Waals surface area contributed by atoms with Gasteiger partial charge in [0, 0.05) is 5.69 Å². The van der Waals surface area contributed by atoms with Gasteiger partial charge < -0.3 is 5.73 Å². The molecule has 4 nitrogen and oxygen atoms in total. The standard InChI is InChI=1S/C14H15FN2O2S/c1-20(18,19)17-14-7-6-10(9-12(14)15)8-11-4-2-3-5-13(11)16/h2-7,9,17H,8,16H2,1H3. The van der Waals surface area contributed by atoms with Gasteiger partial charge in [-0.25, -0.2) is 12.8 Å². The molecular formula is C14H15FN2O2S. The highest BCUT2D eigenvalue weighted by Gasteiger charge is 2.09. The smallest absolute Gasteiger partial charge is 0.229 e. The molecular weight excluding hydrogens is 279 g/mol. The molecule has 0 radical (unpaired) electrons. The second kappa shape index (κ2) is 5.50. The highest BCUT2D eigenvalue weighted by molar-refractivity contribution is 7.92. The molecule has 0 saturated heterocycles. The molecule has 2 aromatic rings. The molecule has 0 fully saturated rings. The van der Waals surface area contributed by atoms with Crippen molar-refractivity contribution in [3.05, 3.63) is 59.4 Å². The monoisotopic (exact) mass is 294 g/mol. The van der Waals surface area contributed by atoms with E-state index in [9.17, 15) is 12.8 Å². The van der Waals surface area contributed by atoms with Crippen LogP contribution in [0.4, 0.5) is 15.8 Å². The summed E-state index contributed by atoms with van der Waals surface area (Å²) < 4.78 is 38.1. The van der Waals surface area contributed by atoms with Crippen LogP contribution in [0.3, 0.4) is 0 Å². The van der Waals surface area contributed by atoms with Gasteiger partial charge in [0.15, 0.2) is 0 Å². The zero-order valence-corrected chi connectivity index (χ0v) is 11.7. The second-order valence-electron chi connectivity index (χ2n) is 4.56. The van der Waals surface area contributed by atoms with E-state index < -0.39 is 15.8 Å². The Morgan fingerprint density at radius 3 is 2.50 bits per heavy atom. The normalized spacial score (nSPS) is 11.3. The zero-order valence-electron chi connectivity index (χ0n) is 10.9. The van der Waals surface area contributed by atoms with Gasteiger partial charge in [-0.1, -0.05) is 24.3 Å².